The van der Waals surface area contributed by atoms with Crippen LogP contribution in [0, 0.1) is 13.7 Å². The van der Waals surface area contributed by atoms with Crippen LogP contribution in [0.25, 0.3) is 0 Å². The van der Waals surface area contributed by atoms with Gasteiger partial charge in [-0.3, -0.25) is 13.2 Å². The smallest absolute Gasteiger partial charge is 0.265 e. The normalized spacial score (nSPS) is 9.45. The second-order valence-corrected chi connectivity index (χ2v) is 3.50. The van der Waals surface area contributed by atoms with Gasteiger partial charge in [0.05, 0.1) is 4.92 Å². The fraction of sp³-hybridized carbons (Fsp3) is 0. The minimum absolute atomic E-state index is 0.0335. The first kappa shape index (κ1) is 8.25. The molecule has 0 unspecified atom stereocenters. The van der Waals surface area contributed by atoms with Gasteiger partial charge in [-0.25, -0.2) is 0 Å². The van der Waals surface area contributed by atoms with E-state index in [-0.39, 0.29) is 5.69 Å². The van der Waals surface area contributed by atoms with Gasteiger partial charge in [0, 0.05) is 15.7 Å². The van der Waals surface area contributed by atoms with Gasteiger partial charge in [-0.2, -0.15) is 0 Å². The van der Waals surface area contributed by atoms with E-state index in [2.05, 4.69) is 0 Å². The first-order valence-electron chi connectivity index (χ1n) is 2.75. The highest BCUT2D eigenvalue weighted by Crippen LogP contribution is 2.15. The van der Waals surface area contributed by atoms with Crippen LogP contribution in [0.1, 0.15) is 0 Å². The van der Waals surface area contributed by atoms with Crippen LogP contribution in [0.4, 0.5) is 5.69 Å². The summed E-state index contributed by atoms with van der Waals surface area (Å²) in [5.41, 5.74) is 0.0335. The van der Waals surface area contributed by atoms with Crippen LogP contribution < -0.4 is 0 Å². The predicted molar refractivity (Wildman–Crippen MR) is 46.5 cm³/mol. The fourth-order valence-electron chi connectivity index (χ4n) is 0.614. The molecule has 11 heavy (non-hydrogen) atoms. The molecule has 1 aromatic carbocycles. The maximum Gasteiger partial charge on any atom is 0.269 e. The van der Waals surface area contributed by atoms with Crippen molar-refractivity contribution in [2.45, 2.75) is 0 Å². The van der Waals surface area contributed by atoms with Crippen LogP contribution in [0.2, 0.25) is 0 Å². The molecule has 0 aliphatic carbocycles. The molecule has 0 N–H and O–H groups in total. The number of rotatable bonds is 2. The Balaban J connectivity index is 3.00. The molecule has 0 atom stereocenters. The van der Waals surface area contributed by atoms with Gasteiger partial charge in [0.2, 0.25) is 0 Å². The van der Waals surface area contributed by atoms with Crippen molar-refractivity contribution in [2.75, 3.05) is 0 Å². The quantitative estimate of drug-likeness (QED) is 0.467. The second-order valence-electron chi connectivity index (χ2n) is 1.81. The summed E-state index contributed by atoms with van der Waals surface area (Å²) in [5.74, 6) is 0. The summed E-state index contributed by atoms with van der Waals surface area (Å²) in [6.45, 7) is 0. The first-order valence-corrected chi connectivity index (χ1v) is 4.71. The molecule has 5 heteroatoms. The van der Waals surface area contributed by atoms with Crippen molar-refractivity contribution in [3.05, 3.63) is 37.9 Å². The topological polar surface area (TPSA) is 60.2 Å². The third kappa shape index (κ3) is 2.04. The number of benzene rings is 1. The molecule has 1 rings (SSSR count). The maximum atomic E-state index is 10.4. The summed E-state index contributed by atoms with van der Waals surface area (Å²) < 4.78 is 11.0. The molecule has 1 aromatic rings. The number of nitro benzene ring substituents is 1. The summed E-state index contributed by atoms with van der Waals surface area (Å²) in [6, 6.07) is 5.73. The Kier molecular flexibility index (Phi) is 2.64. The molecule has 0 aromatic heterocycles. The Morgan fingerprint density at radius 3 is 2.18 bits per heavy atom. The number of hydrogen-bond donors (Lipinski definition) is 0. The van der Waals surface area contributed by atoms with Crippen LogP contribution in [0.5, 0.6) is 0 Å². The summed E-state index contributed by atoms with van der Waals surface area (Å²) in [6.07, 6.45) is 0. The van der Waals surface area contributed by atoms with E-state index < -0.39 is 26.1 Å². The van der Waals surface area contributed by atoms with Gasteiger partial charge in [0.25, 0.3) is 5.69 Å². The van der Waals surface area contributed by atoms with Crippen LogP contribution in [0.15, 0.2) is 24.3 Å². The summed E-state index contributed by atoms with van der Waals surface area (Å²) in [5, 5.41) is 10.1. The molecule has 0 amide bonds. The summed E-state index contributed by atoms with van der Waals surface area (Å²) in [7, 11) is 0. The largest absolute Gasteiger partial charge is 0.269 e. The highest BCUT2D eigenvalue weighted by atomic mass is 127. The van der Waals surface area contributed by atoms with Crippen molar-refractivity contribution in [3.8, 4) is 0 Å². The average molecular weight is 265 g/mol. The molecular weight excluding hydrogens is 261 g/mol. The van der Waals surface area contributed by atoms with Gasteiger partial charge in [0.15, 0.2) is 21.2 Å². The second kappa shape index (κ2) is 3.51. The molecule has 0 aliphatic heterocycles. The Bertz CT molecular complexity index is 282. The summed E-state index contributed by atoms with van der Waals surface area (Å²) in [4.78, 5) is 9.66. The minimum atomic E-state index is -1.20. The molecule has 0 heterocycles. The molecule has 4 nitrogen and oxygen atoms in total. The van der Waals surface area contributed by atoms with E-state index in [1.807, 2.05) is 0 Å². The third-order valence-corrected chi connectivity index (χ3v) is 2.35. The lowest BCUT2D eigenvalue weighted by Gasteiger charge is -1.88. The number of halogens is 1. The van der Waals surface area contributed by atoms with E-state index in [1.54, 1.807) is 0 Å². The van der Waals surface area contributed by atoms with E-state index in [4.69, 9.17) is 0 Å². The molecule has 0 aliphatic rings. The SMILES string of the molecule is O=Ic1ccc([N+](=O)[O-])cc1. The summed E-state index contributed by atoms with van der Waals surface area (Å²) >= 11 is -1.20. The lowest BCUT2D eigenvalue weighted by molar-refractivity contribution is -0.384. The van der Waals surface area contributed by atoms with Crippen LogP contribution in [-0.4, -0.2) is 4.92 Å². The molecule has 0 radical (unpaired) electrons. The Morgan fingerprint density at radius 2 is 1.82 bits per heavy atom. The fourth-order valence-corrected chi connectivity index (χ4v) is 1.27. The monoisotopic (exact) mass is 265 g/mol. The van der Waals surface area contributed by atoms with Gasteiger partial charge in [-0.15, -0.1) is 0 Å². The number of hydrogen-bond acceptors (Lipinski definition) is 3. The molecule has 0 saturated carbocycles. The molecule has 0 fully saturated rings. The number of nitrogens with zero attached hydrogens (tertiary/aromatic N) is 1. The van der Waals surface area contributed by atoms with Crippen molar-refractivity contribution >= 4 is 26.9 Å². The average Bonchev–Trinajstić information content (AvgIpc) is 2.05. The van der Waals surface area contributed by atoms with Crippen LogP contribution >= 0.6 is 21.2 Å². The highest BCUT2D eigenvalue weighted by Gasteiger charge is 2.02. The van der Waals surface area contributed by atoms with E-state index in [0.717, 1.165) is 0 Å². The minimum Gasteiger partial charge on any atom is -0.265 e. The van der Waals surface area contributed by atoms with Crippen molar-refractivity contribution in [3.63, 3.8) is 0 Å². The third-order valence-electron chi connectivity index (χ3n) is 1.13. The standard InChI is InChI=1S/C6H4INO3/c9-7-5-1-3-6(4-2-5)8(10)11/h1-4H. The zero-order valence-electron chi connectivity index (χ0n) is 5.36. The van der Waals surface area contributed by atoms with E-state index in [9.17, 15) is 13.2 Å². The van der Waals surface area contributed by atoms with Gasteiger partial charge in [-0.1, -0.05) is 0 Å². The highest BCUT2D eigenvalue weighted by molar-refractivity contribution is 14.1. The Hall–Kier alpha value is -0.850. The van der Waals surface area contributed by atoms with Gasteiger partial charge >= 0.3 is 0 Å². The molecular formula is C6H4INO3. The van der Waals surface area contributed by atoms with Crippen molar-refractivity contribution < 1.29 is 7.99 Å². The Labute approximate surface area is 73.0 Å². The van der Waals surface area contributed by atoms with E-state index in [1.165, 1.54) is 24.3 Å². The van der Waals surface area contributed by atoms with Gasteiger partial charge in [-0.05, 0) is 12.1 Å². The van der Waals surface area contributed by atoms with E-state index in [0.29, 0.717) is 3.57 Å². The lowest BCUT2D eigenvalue weighted by Crippen LogP contribution is -1.86. The van der Waals surface area contributed by atoms with E-state index >= 15 is 0 Å². The van der Waals surface area contributed by atoms with Crippen LogP contribution in [-0.2, 0) is 3.07 Å². The predicted octanol–water partition coefficient (Wildman–Crippen LogP) is 2.08. The zero-order chi connectivity index (χ0) is 8.27. The molecule has 0 bridgehead atoms. The maximum absolute atomic E-state index is 10.4. The lowest BCUT2D eigenvalue weighted by atomic mass is 10.3. The number of non-ortho nitro benzene ring substituents is 1. The van der Waals surface area contributed by atoms with Gasteiger partial charge in [0.1, 0.15) is 0 Å². The van der Waals surface area contributed by atoms with Crippen LogP contribution in [0.3, 0.4) is 0 Å². The molecule has 0 saturated heterocycles. The molecule has 0 spiro atoms. The van der Waals surface area contributed by atoms with Crippen molar-refractivity contribution in [2.24, 2.45) is 0 Å². The van der Waals surface area contributed by atoms with Crippen molar-refractivity contribution in [1.82, 2.24) is 0 Å². The Morgan fingerprint density at radius 1 is 1.27 bits per heavy atom. The first-order chi connectivity index (χ1) is 5.24. The van der Waals surface area contributed by atoms with Crippen molar-refractivity contribution in [1.29, 1.82) is 0 Å². The molecule has 58 valence electrons. The zero-order valence-corrected chi connectivity index (χ0v) is 7.52. The number of nitro groups is 1. The van der Waals surface area contributed by atoms with Gasteiger partial charge < -0.3 is 0 Å².